The van der Waals surface area contributed by atoms with Gasteiger partial charge in [0.15, 0.2) is 0 Å². The van der Waals surface area contributed by atoms with Gasteiger partial charge in [-0.15, -0.1) is 0 Å². The fourth-order valence-corrected chi connectivity index (χ4v) is 2.14. The van der Waals surface area contributed by atoms with Crippen LogP contribution in [0.15, 0.2) is 24.3 Å². The van der Waals surface area contributed by atoms with Crippen LogP contribution in [0, 0.1) is 0 Å². The summed E-state index contributed by atoms with van der Waals surface area (Å²) in [5.74, 6) is -0.710. The number of unbranched alkanes of at least 4 members (excludes halogenated alkanes) is 7. The summed E-state index contributed by atoms with van der Waals surface area (Å²) >= 11 is 0. The average molecular weight is 296 g/mol. The van der Waals surface area contributed by atoms with E-state index in [9.17, 15) is 9.90 Å². The summed E-state index contributed by atoms with van der Waals surface area (Å²) < 4.78 is 0. The van der Waals surface area contributed by atoms with Gasteiger partial charge in [-0.3, -0.25) is 4.79 Å². The number of aliphatic hydroxyl groups is 1. The molecule has 0 radical (unpaired) electrons. The van der Waals surface area contributed by atoms with Crippen molar-refractivity contribution in [1.82, 2.24) is 0 Å². The molecule has 0 aliphatic rings. The molecular weight excluding hydrogens is 264 g/mol. The summed E-state index contributed by atoms with van der Waals surface area (Å²) in [5.41, 5.74) is 0. The maximum Gasteiger partial charge on any atom is 0.303 e. The van der Waals surface area contributed by atoms with Crippen LogP contribution in [-0.4, -0.2) is 22.3 Å². The zero-order valence-corrected chi connectivity index (χ0v) is 13.5. The molecule has 0 aromatic rings. The Morgan fingerprint density at radius 2 is 1.71 bits per heavy atom. The van der Waals surface area contributed by atoms with Crippen molar-refractivity contribution in [3.63, 3.8) is 0 Å². The van der Waals surface area contributed by atoms with Crippen LogP contribution in [0.1, 0.15) is 77.6 Å². The first kappa shape index (κ1) is 19.9. The lowest BCUT2D eigenvalue weighted by atomic mass is 10.1. The first-order chi connectivity index (χ1) is 10.2. The Kier molecular flexibility index (Phi) is 14.5. The monoisotopic (exact) mass is 296 g/mol. The van der Waals surface area contributed by atoms with E-state index in [4.69, 9.17) is 5.11 Å². The highest BCUT2D eigenvalue weighted by atomic mass is 16.4. The van der Waals surface area contributed by atoms with Gasteiger partial charge in [0, 0.05) is 6.42 Å². The highest BCUT2D eigenvalue weighted by Crippen LogP contribution is 2.09. The lowest BCUT2D eigenvalue weighted by molar-refractivity contribution is -0.137. The van der Waals surface area contributed by atoms with E-state index in [0.717, 1.165) is 44.9 Å². The largest absolute Gasteiger partial charge is 0.481 e. The summed E-state index contributed by atoms with van der Waals surface area (Å²) in [5, 5.41) is 18.3. The Hall–Kier alpha value is -1.09. The number of carbonyl (C=O) groups is 1. The Morgan fingerprint density at radius 3 is 2.43 bits per heavy atom. The van der Waals surface area contributed by atoms with Crippen molar-refractivity contribution in [1.29, 1.82) is 0 Å². The van der Waals surface area contributed by atoms with E-state index in [2.05, 4.69) is 13.0 Å². The highest BCUT2D eigenvalue weighted by molar-refractivity contribution is 5.66. The zero-order chi connectivity index (χ0) is 15.8. The molecule has 0 spiro atoms. The van der Waals surface area contributed by atoms with Crippen molar-refractivity contribution in [3.05, 3.63) is 24.3 Å². The molecular formula is C18H32O3. The van der Waals surface area contributed by atoms with Crippen molar-refractivity contribution in [2.45, 2.75) is 83.7 Å². The summed E-state index contributed by atoms with van der Waals surface area (Å²) in [6.07, 6.45) is 18.4. The Labute approximate surface area is 129 Å². The van der Waals surface area contributed by atoms with Crippen LogP contribution in [0.2, 0.25) is 0 Å². The second-order valence-electron chi connectivity index (χ2n) is 5.58. The van der Waals surface area contributed by atoms with Crippen LogP contribution in [0.4, 0.5) is 0 Å². The molecule has 3 nitrogen and oxygen atoms in total. The van der Waals surface area contributed by atoms with Crippen LogP contribution >= 0.6 is 0 Å². The Bertz CT molecular complexity index is 295. The topological polar surface area (TPSA) is 57.5 Å². The summed E-state index contributed by atoms with van der Waals surface area (Å²) in [4.78, 5) is 10.3. The van der Waals surface area contributed by atoms with Crippen LogP contribution < -0.4 is 0 Å². The molecule has 0 aliphatic carbocycles. The van der Waals surface area contributed by atoms with Crippen molar-refractivity contribution in [3.8, 4) is 0 Å². The average Bonchev–Trinajstić information content (AvgIpc) is 2.45. The molecule has 0 aliphatic heterocycles. The van der Waals surface area contributed by atoms with Crippen molar-refractivity contribution in [2.24, 2.45) is 0 Å². The molecule has 0 aromatic heterocycles. The molecule has 3 heteroatoms. The lowest BCUT2D eigenvalue weighted by Crippen LogP contribution is -2.01. The number of allylic oxidation sites excluding steroid dienone is 3. The minimum Gasteiger partial charge on any atom is -0.481 e. The summed E-state index contributed by atoms with van der Waals surface area (Å²) in [6.45, 7) is 2.20. The molecule has 0 bridgehead atoms. The Balaban J connectivity index is 3.40. The number of hydrogen-bond donors (Lipinski definition) is 2. The molecule has 0 saturated carbocycles. The van der Waals surface area contributed by atoms with Crippen molar-refractivity contribution in [2.75, 3.05) is 0 Å². The van der Waals surface area contributed by atoms with Gasteiger partial charge in [0.1, 0.15) is 0 Å². The molecule has 1 atom stereocenters. The van der Waals surface area contributed by atoms with E-state index in [-0.39, 0.29) is 12.5 Å². The smallest absolute Gasteiger partial charge is 0.303 e. The molecule has 0 amide bonds. The van der Waals surface area contributed by atoms with Gasteiger partial charge in [0.05, 0.1) is 6.10 Å². The lowest BCUT2D eigenvalue weighted by Gasteiger charge is -2.04. The molecule has 0 fully saturated rings. The molecule has 0 rings (SSSR count). The second kappa shape index (κ2) is 15.3. The van der Waals surface area contributed by atoms with E-state index in [1.54, 1.807) is 0 Å². The third-order valence-electron chi connectivity index (χ3n) is 3.45. The first-order valence-corrected chi connectivity index (χ1v) is 8.40. The van der Waals surface area contributed by atoms with Gasteiger partial charge in [0.25, 0.3) is 0 Å². The predicted octanol–water partition coefficient (Wildman–Crippen LogP) is 4.86. The molecule has 0 saturated heterocycles. The fraction of sp³-hybridized carbons (Fsp3) is 0.722. The minimum atomic E-state index is -0.710. The van der Waals surface area contributed by atoms with Gasteiger partial charge < -0.3 is 10.2 Å². The van der Waals surface area contributed by atoms with Crippen LogP contribution in [0.5, 0.6) is 0 Å². The van der Waals surface area contributed by atoms with Gasteiger partial charge in [-0.25, -0.2) is 0 Å². The summed E-state index contributed by atoms with van der Waals surface area (Å²) in [6, 6.07) is 0. The third-order valence-corrected chi connectivity index (χ3v) is 3.45. The molecule has 21 heavy (non-hydrogen) atoms. The van der Waals surface area contributed by atoms with Crippen molar-refractivity contribution >= 4 is 5.97 Å². The molecule has 2 N–H and O–H groups in total. The minimum absolute atomic E-state index is 0.274. The number of carboxylic acids is 1. The second-order valence-corrected chi connectivity index (χ2v) is 5.58. The van der Waals surface area contributed by atoms with Gasteiger partial charge in [-0.2, -0.15) is 0 Å². The SMILES string of the molecule is CCCCC/C=C\C=C\C(O)CCCCCCCC(=O)O. The van der Waals surface area contributed by atoms with E-state index in [1.807, 2.05) is 18.2 Å². The first-order valence-electron chi connectivity index (χ1n) is 8.40. The number of aliphatic hydroxyl groups excluding tert-OH is 1. The van der Waals surface area contributed by atoms with Crippen LogP contribution in [0.25, 0.3) is 0 Å². The maximum absolute atomic E-state index is 10.3. The number of aliphatic carboxylic acids is 1. The van der Waals surface area contributed by atoms with E-state index < -0.39 is 5.97 Å². The van der Waals surface area contributed by atoms with Gasteiger partial charge in [-0.1, -0.05) is 69.8 Å². The molecule has 0 heterocycles. The molecule has 122 valence electrons. The van der Waals surface area contributed by atoms with Gasteiger partial charge in [0.2, 0.25) is 0 Å². The van der Waals surface area contributed by atoms with E-state index in [0.29, 0.717) is 0 Å². The quantitative estimate of drug-likeness (QED) is 0.355. The maximum atomic E-state index is 10.3. The van der Waals surface area contributed by atoms with Gasteiger partial charge in [-0.05, 0) is 25.7 Å². The van der Waals surface area contributed by atoms with Crippen molar-refractivity contribution < 1.29 is 15.0 Å². The standard InChI is InChI=1S/C18H32O3/c1-2-3-4-5-6-8-11-14-17(19)15-12-9-7-10-13-16-18(20)21/h6,8,11,14,17,19H,2-5,7,9-10,12-13,15-16H2,1H3,(H,20,21)/b8-6-,14-11+. The highest BCUT2D eigenvalue weighted by Gasteiger charge is 1.99. The zero-order valence-electron chi connectivity index (χ0n) is 13.5. The number of carboxylic acid groups (broad SMARTS) is 1. The van der Waals surface area contributed by atoms with E-state index >= 15 is 0 Å². The number of hydrogen-bond acceptors (Lipinski definition) is 2. The fourth-order valence-electron chi connectivity index (χ4n) is 2.14. The van der Waals surface area contributed by atoms with Crippen LogP contribution in [0.3, 0.4) is 0 Å². The third kappa shape index (κ3) is 16.9. The van der Waals surface area contributed by atoms with Gasteiger partial charge >= 0.3 is 5.97 Å². The summed E-state index contributed by atoms with van der Waals surface area (Å²) in [7, 11) is 0. The van der Waals surface area contributed by atoms with Crippen LogP contribution in [-0.2, 0) is 4.79 Å². The predicted molar refractivity (Wildman–Crippen MR) is 88.4 cm³/mol. The normalized spacial score (nSPS) is 13.2. The molecule has 0 aromatic carbocycles. The molecule has 1 unspecified atom stereocenters. The Morgan fingerprint density at radius 1 is 1.00 bits per heavy atom. The number of rotatable bonds is 14. The van der Waals surface area contributed by atoms with E-state index in [1.165, 1.54) is 19.3 Å².